The number of likely N-dealkylation sites (N-methyl/N-ethyl adjacent to an activating group) is 1. The number of hydrogen-bond donors (Lipinski definition) is 1. The number of carbonyl (C=O) groups excluding carboxylic acids is 1. The molecular formula is C23H23BrN2O5. The van der Waals surface area contributed by atoms with Gasteiger partial charge in [-0.3, -0.25) is 9.59 Å². The summed E-state index contributed by atoms with van der Waals surface area (Å²) in [6.45, 7) is 3.22. The number of fused-ring (bicyclic) bond motifs is 2. The van der Waals surface area contributed by atoms with E-state index in [-0.39, 0.29) is 22.8 Å². The van der Waals surface area contributed by atoms with E-state index in [4.69, 9.17) is 9.15 Å². The van der Waals surface area contributed by atoms with Gasteiger partial charge in [-0.15, -0.1) is 0 Å². The largest absolute Gasteiger partial charge is 0.504 e. The van der Waals surface area contributed by atoms with Crippen molar-refractivity contribution < 1.29 is 19.1 Å². The van der Waals surface area contributed by atoms with E-state index in [1.54, 1.807) is 35.2 Å². The lowest BCUT2D eigenvalue weighted by molar-refractivity contribution is 0.0716. The molecule has 4 rings (SSSR count). The Morgan fingerprint density at radius 3 is 2.68 bits per heavy atom. The topological polar surface area (TPSA) is 83.2 Å². The van der Waals surface area contributed by atoms with Crippen molar-refractivity contribution in [3.8, 4) is 11.5 Å². The number of rotatable bonds is 6. The van der Waals surface area contributed by atoms with E-state index in [9.17, 15) is 14.7 Å². The molecule has 8 heteroatoms. The molecule has 0 fully saturated rings. The SMILES string of the molecule is CCOc1cc(C2c3c(oc4ccc(Br)cc4c3=O)C(=O)N2CCN(C)C)ccc1O. The number of halogens is 1. The summed E-state index contributed by atoms with van der Waals surface area (Å²) in [5.41, 5.74) is 1.11. The molecule has 1 aliphatic rings. The van der Waals surface area contributed by atoms with Gasteiger partial charge in [-0.2, -0.15) is 0 Å². The number of carbonyl (C=O) groups is 1. The zero-order valence-corrected chi connectivity index (χ0v) is 19.1. The maximum atomic E-state index is 13.5. The van der Waals surface area contributed by atoms with Crippen molar-refractivity contribution >= 4 is 32.8 Å². The van der Waals surface area contributed by atoms with E-state index in [1.165, 1.54) is 6.07 Å². The number of phenols is 1. The number of nitrogens with zero attached hydrogens (tertiary/aromatic N) is 2. The van der Waals surface area contributed by atoms with Crippen LogP contribution in [0, 0.1) is 0 Å². The molecule has 0 spiro atoms. The minimum atomic E-state index is -0.637. The first kappa shape index (κ1) is 21.4. The van der Waals surface area contributed by atoms with Gasteiger partial charge in [0.15, 0.2) is 16.9 Å². The highest BCUT2D eigenvalue weighted by Crippen LogP contribution is 2.40. The number of phenolic OH excluding ortho intramolecular Hbond substituents is 1. The number of hydrogen-bond acceptors (Lipinski definition) is 6. The quantitative estimate of drug-likeness (QED) is 0.570. The molecule has 0 bridgehead atoms. The molecule has 0 aliphatic carbocycles. The fourth-order valence-electron chi connectivity index (χ4n) is 3.85. The molecule has 0 radical (unpaired) electrons. The zero-order valence-electron chi connectivity index (χ0n) is 17.5. The van der Waals surface area contributed by atoms with Crippen LogP contribution < -0.4 is 10.2 Å². The molecule has 0 saturated heterocycles. The predicted octanol–water partition coefficient (Wildman–Crippen LogP) is 3.77. The van der Waals surface area contributed by atoms with Crippen molar-refractivity contribution in [2.24, 2.45) is 0 Å². The first-order chi connectivity index (χ1) is 14.8. The summed E-state index contributed by atoms with van der Waals surface area (Å²) in [5.74, 6) is 0.0512. The van der Waals surface area contributed by atoms with E-state index in [2.05, 4.69) is 15.9 Å². The minimum Gasteiger partial charge on any atom is -0.504 e. The van der Waals surface area contributed by atoms with Crippen LogP contribution in [0.3, 0.4) is 0 Å². The first-order valence-corrected chi connectivity index (χ1v) is 10.8. The van der Waals surface area contributed by atoms with Crippen molar-refractivity contribution in [1.82, 2.24) is 9.80 Å². The van der Waals surface area contributed by atoms with Crippen LogP contribution in [-0.2, 0) is 0 Å². The maximum Gasteiger partial charge on any atom is 0.290 e. The van der Waals surface area contributed by atoms with E-state index in [0.717, 1.165) is 4.47 Å². The molecule has 2 heterocycles. The van der Waals surface area contributed by atoms with Gasteiger partial charge in [0.2, 0.25) is 5.76 Å². The Hall–Kier alpha value is -2.84. The van der Waals surface area contributed by atoms with Gasteiger partial charge in [0.05, 0.1) is 23.6 Å². The Labute approximate surface area is 188 Å². The van der Waals surface area contributed by atoms with Gasteiger partial charge in [0.1, 0.15) is 5.58 Å². The van der Waals surface area contributed by atoms with E-state index >= 15 is 0 Å². The van der Waals surface area contributed by atoms with Crippen LogP contribution in [0.25, 0.3) is 11.0 Å². The van der Waals surface area contributed by atoms with E-state index < -0.39 is 6.04 Å². The Bertz CT molecular complexity index is 1220. The smallest absolute Gasteiger partial charge is 0.290 e. The molecule has 0 saturated carbocycles. The monoisotopic (exact) mass is 486 g/mol. The fourth-order valence-corrected chi connectivity index (χ4v) is 4.21. The third kappa shape index (κ3) is 3.81. The van der Waals surface area contributed by atoms with Crippen LogP contribution in [0.15, 0.2) is 50.1 Å². The number of aromatic hydroxyl groups is 1. The fraction of sp³-hybridized carbons (Fsp3) is 0.304. The first-order valence-electron chi connectivity index (χ1n) is 9.99. The summed E-state index contributed by atoms with van der Waals surface area (Å²) in [6, 6.07) is 9.42. The molecule has 1 N–H and O–H groups in total. The van der Waals surface area contributed by atoms with Crippen LogP contribution in [-0.4, -0.2) is 54.6 Å². The average Bonchev–Trinajstić information content (AvgIpc) is 3.01. The highest BCUT2D eigenvalue weighted by molar-refractivity contribution is 9.10. The summed E-state index contributed by atoms with van der Waals surface area (Å²) in [4.78, 5) is 30.4. The van der Waals surface area contributed by atoms with Crippen LogP contribution in [0.4, 0.5) is 0 Å². The third-order valence-corrected chi connectivity index (χ3v) is 5.81. The predicted molar refractivity (Wildman–Crippen MR) is 121 cm³/mol. The van der Waals surface area contributed by atoms with Crippen LogP contribution in [0.2, 0.25) is 0 Å². The average molecular weight is 487 g/mol. The summed E-state index contributed by atoms with van der Waals surface area (Å²) in [6.07, 6.45) is 0. The molecule has 1 amide bonds. The molecule has 1 aromatic heterocycles. The van der Waals surface area contributed by atoms with Gasteiger partial charge in [0.25, 0.3) is 5.91 Å². The van der Waals surface area contributed by atoms with Gasteiger partial charge in [0, 0.05) is 17.6 Å². The Morgan fingerprint density at radius 1 is 1.19 bits per heavy atom. The summed E-state index contributed by atoms with van der Waals surface area (Å²) >= 11 is 3.40. The summed E-state index contributed by atoms with van der Waals surface area (Å²) in [7, 11) is 3.84. The Kier molecular flexibility index (Phi) is 5.77. The minimum absolute atomic E-state index is 0.00413. The maximum absolute atomic E-state index is 13.5. The zero-order chi connectivity index (χ0) is 22.3. The molecule has 2 aromatic carbocycles. The lowest BCUT2D eigenvalue weighted by Crippen LogP contribution is -2.35. The lowest BCUT2D eigenvalue weighted by Gasteiger charge is -2.26. The van der Waals surface area contributed by atoms with Crippen LogP contribution >= 0.6 is 15.9 Å². The number of benzene rings is 2. The van der Waals surface area contributed by atoms with Gasteiger partial charge < -0.3 is 24.1 Å². The molecular weight excluding hydrogens is 464 g/mol. The molecule has 7 nitrogen and oxygen atoms in total. The Balaban J connectivity index is 1.94. The lowest BCUT2D eigenvalue weighted by atomic mass is 9.98. The van der Waals surface area contributed by atoms with Crippen molar-refractivity contribution in [2.75, 3.05) is 33.8 Å². The summed E-state index contributed by atoms with van der Waals surface area (Å²) in [5, 5.41) is 10.5. The molecule has 1 atom stereocenters. The van der Waals surface area contributed by atoms with Gasteiger partial charge in [-0.1, -0.05) is 22.0 Å². The van der Waals surface area contributed by atoms with Crippen LogP contribution in [0.5, 0.6) is 11.5 Å². The summed E-state index contributed by atoms with van der Waals surface area (Å²) < 4.78 is 12.2. The van der Waals surface area contributed by atoms with Gasteiger partial charge in [-0.25, -0.2) is 0 Å². The second-order valence-electron chi connectivity index (χ2n) is 7.68. The van der Waals surface area contributed by atoms with Crippen molar-refractivity contribution in [2.45, 2.75) is 13.0 Å². The van der Waals surface area contributed by atoms with Crippen molar-refractivity contribution in [3.63, 3.8) is 0 Å². The van der Waals surface area contributed by atoms with Crippen molar-refractivity contribution in [1.29, 1.82) is 0 Å². The second kappa shape index (κ2) is 8.36. The second-order valence-corrected chi connectivity index (χ2v) is 8.59. The molecule has 1 aliphatic heterocycles. The van der Waals surface area contributed by atoms with E-state index in [1.807, 2.05) is 25.9 Å². The number of amides is 1. The normalized spacial score (nSPS) is 15.7. The van der Waals surface area contributed by atoms with Gasteiger partial charge in [-0.05, 0) is 56.9 Å². The van der Waals surface area contributed by atoms with E-state index in [0.29, 0.717) is 47.5 Å². The molecule has 31 heavy (non-hydrogen) atoms. The number of ether oxygens (including phenoxy) is 1. The Morgan fingerprint density at radius 2 is 1.97 bits per heavy atom. The molecule has 1 unspecified atom stereocenters. The van der Waals surface area contributed by atoms with Crippen LogP contribution in [0.1, 0.15) is 34.6 Å². The molecule has 162 valence electrons. The van der Waals surface area contributed by atoms with Crippen molar-refractivity contribution in [3.05, 3.63) is 68.0 Å². The standard InChI is InChI=1S/C23H23BrN2O5/c1-4-30-18-11-13(5-7-16(18)27)20-19-21(28)15-12-14(24)6-8-17(15)31-22(19)23(29)26(20)10-9-25(2)3/h5-8,11-12,20,27H,4,9-10H2,1-3H3. The highest BCUT2D eigenvalue weighted by atomic mass is 79.9. The third-order valence-electron chi connectivity index (χ3n) is 5.32. The highest BCUT2D eigenvalue weighted by Gasteiger charge is 2.42. The van der Waals surface area contributed by atoms with Gasteiger partial charge >= 0.3 is 0 Å². The molecule has 3 aromatic rings.